The Labute approximate surface area is 172 Å². The fourth-order valence-electron chi connectivity index (χ4n) is 3.08. The monoisotopic (exact) mass is 401 g/mol. The van der Waals surface area contributed by atoms with Crippen molar-refractivity contribution in [3.63, 3.8) is 0 Å². The average Bonchev–Trinajstić information content (AvgIpc) is 3.15. The molecule has 0 fully saturated rings. The number of halogens is 1. The molecule has 1 aromatic carbocycles. The minimum Gasteiger partial charge on any atom is -0.330 e. The SMILES string of the molecule is N#Cc1ccc(Cc2cncn2Cc2ccn(-c3cccc(Cl)n3)c(=O)c2)cc1. The van der Waals surface area contributed by atoms with E-state index in [1.165, 1.54) is 4.57 Å². The number of aromatic nitrogens is 4. The van der Waals surface area contributed by atoms with Crippen molar-refractivity contribution < 1.29 is 0 Å². The molecule has 0 amide bonds. The van der Waals surface area contributed by atoms with E-state index >= 15 is 0 Å². The van der Waals surface area contributed by atoms with Crippen LogP contribution >= 0.6 is 11.6 Å². The third-order valence-electron chi connectivity index (χ3n) is 4.55. The van der Waals surface area contributed by atoms with Crippen molar-refractivity contribution in [2.75, 3.05) is 0 Å². The molecular formula is C22H16ClN5O. The maximum absolute atomic E-state index is 12.5. The number of nitrogens with zero attached hydrogens (tertiary/aromatic N) is 5. The van der Waals surface area contributed by atoms with E-state index < -0.39 is 0 Å². The van der Waals surface area contributed by atoms with Gasteiger partial charge in [0.05, 0.1) is 18.0 Å². The zero-order valence-electron chi connectivity index (χ0n) is 15.4. The first-order valence-electron chi connectivity index (χ1n) is 8.95. The summed E-state index contributed by atoms with van der Waals surface area (Å²) in [6, 6.07) is 18.2. The summed E-state index contributed by atoms with van der Waals surface area (Å²) >= 11 is 5.92. The van der Waals surface area contributed by atoms with Gasteiger partial charge in [-0.2, -0.15) is 5.26 Å². The summed E-state index contributed by atoms with van der Waals surface area (Å²) in [5.41, 5.74) is 3.44. The maximum Gasteiger partial charge on any atom is 0.256 e. The summed E-state index contributed by atoms with van der Waals surface area (Å²) in [7, 11) is 0. The van der Waals surface area contributed by atoms with Gasteiger partial charge in [-0.15, -0.1) is 0 Å². The van der Waals surface area contributed by atoms with Crippen LogP contribution in [0.5, 0.6) is 0 Å². The summed E-state index contributed by atoms with van der Waals surface area (Å²) in [5, 5.41) is 9.26. The summed E-state index contributed by atoms with van der Waals surface area (Å²) in [5.74, 6) is 0.484. The number of nitriles is 1. The molecule has 29 heavy (non-hydrogen) atoms. The zero-order chi connectivity index (χ0) is 20.2. The van der Waals surface area contributed by atoms with Crippen LogP contribution in [0.2, 0.25) is 5.15 Å². The number of benzene rings is 1. The molecule has 0 unspecified atom stereocenters. The summed E-state index contributed by atoms with van der Waals surface area (Å²) in [4.78, 5) is 21.0. The summed E-state index contributed by atoms with van der Waals surface area (Å²) in [6.45, 7) is 0.532. The topological polar surface area (TPSA) is 76.5 Å². The molecule has 0 aliphatic carbocycles. The average molecular weight is 402 g/mol. The predicted octanol–water partition coefficient (Wildman–Crippen LogP) is 3.59. The number of hydrogen-bond donors (Lipinski definition) is 0. The highest BCUT2D eigenvalue weighted by molar-refractivity contribution is 6.29. The molecule has 7 heteroatoms. The van der Waals surface area contributed by atoms with Crippen LogP contribution in [0.25, 0.3) is 5.82 Å². The first-order valence-corrected chi connectivity index (χ1v) is 9.33. The quantitative estimate of drug-likeness (QED) is 0.479. The summed E-state index contributed by atoms with van der Waals surface area (Å²) in [6.07, 6.45) is 5.96. The second kappa shape index (κ2) is 8.13. The van der Waals surface area contributed by atoms with Gasteiger partial charge in [0.2, 0.25) is 0 Å². The molecule has 4 rings (SSSR count). The fourth-order valence-corrected chi connectivity index (χ4v) is 3.24. The maximum atomic E-state index is 12.5. The van der Waals surface area contributed by atoms with Crippen LogP contribution in [0.4, 0.5) is 0 Å². The fraction of sp³-hybridized carbons (Fsp3) is 0.0909. The van der Waals surface area contributed by atoms with E-state index in [1.54, 1.807) is 48.9 Å². The molecule has 0 bridgehead atoms. The van der Waals surface area contributed by atoms with Crippen LogP contribution < -0.4 is 5.56 Å². The lowest BCUT2D eigenvalue weighted by atomic mass is 10.1. The molecule has 3 aromatic heterocycles. The second-order valence-corrected chi connectivity index (χ2v) is 6.95. The van der Waals surface area contributed by atoms with E-state index in [2.05, 4.69) is 16.0 Å². The lowest BCUT2D eigenvalue weighted by Gasteiger charge is -2.10. The molecule has 0 aliphatic rings. The highest BCUT2D eigenvalue weighted by Gasteiger charge is 2.07. The highest BCUT2D eigenvalue weighted by Crippen LogP contribution is 2.13. The number of rotatable bonds is 5. The molecule has 0 saturated carbocycles. The molecule has 142 valence electrons. The molecule has 0 aliphatic heterocycles. The Kier molecular flexibility index (Phi) is 5.23. The van der Waals surface area contributed by atoms with Crippen molar-refractivity contribution in [2.24, 2.45) is 0 Å². The van der Waals surface area contributed by atoms with Gasteiger partial charge in [0.15, 0.2) is 0 Å². The Bertz CT molecular complexity index is 1250. The van der Waals surface area contributed by atoms with Crippen molar-refractivity contribution in [2.45, 2.75) is 13.0 Å². The van der Waals surface area contributed by atoms with Gasteiger partial charge in [-0.05, 0) is 41.5 Å². The Hall–Kier alpha value is -3.69. The third-order valence-corrected chi connectivity index (χ3v) is 4.76. The molecule has 3 heterocycles. The smallest absolute Gasteiger partial charge is 0.256 e. The normalized spacial score (nSPS) is 10.6. The lowest BCUT2D eigenvalue weighted by molar-refractivity contribution is 0.748. The van der Waals surface area contributed by atoms with Crippen LogP contribution in [-0.4, -0.2) is 19.1 Å². The largest absolute Gasteiger partial charge is 0.330 e. The number of hydrogen-bond acceptors (Lipinski definition) is 4. The van der Waals surface area contributed by atoms with E-state index in [-0.39, 0.29) is 5.56 Å². The predicted molar refractivity (Wildman–Crippen MR) is 110 cm³/mol. The van der Waals surface area contributed by atoms with Gasteiger partial charge >= 0.3 is 0 Å². The van der Waals surface area contributed by atoms with Gasteiger partial charge in [0.1, 0.15) is 11.0 Å². The first-order chi connectivity index (χ1) is 14.1. The van der Waals surface area contributed by atoms with E-state index in [0.717, 1.165) is 16.8 Å². The van der Waals surface area contributed by atoms with Crippen LogP contribution in [-0.2, 0) is 13.0 Å². The minimum atomic E-state index is -0.175. The van der Waals surface area contributed by atoms with E-state index in [9.17, 15) is 4.79 Å². The van der Waals surface area contributed by atoms with E-state index in [4.69, 9.17) is 16.9 Å². The van der Waals surface area contributed by atoms with Gasteiger partial charge < -0.3 is 4.57 Å². The molecule has 0 N–H and O–H groups in total. The molecule has 0 radical (unpaired) electrons. The van der Waals surface area contributed by atoms with Crippen molar-refractivity contribution in [3.8, 4) is 11.9 Å². The van der Waals surface area contributed by atoms with E-state index in [0.29, 0.717) is 29.5 Å². The molecule has 6 nitrogen and oxygen atoms in total. The Morgan fingerprint density at radius 3 is 2.62 bits per heavy atom. The number of pyridine rings is 2. The van der Waals surface area contributed by atoms with Crippen LogP contribution in [0.15, 0.2) is 78.1 Å². The van der Waals surface area contributed by atoms with Crippen molar-refractivity contribution >= 4 is 11.6 Å². The third kappa shape index (κ3) is 4.26. The molecular weight excluding hydrogens is 386 g/mol. The Balaban J connectivity index is 1.54. The standard InChI is InChI=1S/C22H16ClN5O/c23-20-2-1-3-21(26-20)28-9-8-18(11-22(28)29)14-27-15-25-13-19(27)10-16-4-6-17(12-24)7-5-16/h1-9,11,13,15H,10,14H2. The first kappa shape index (κ1) is 18.7. The van der Waals surface area contributed by atoms with E-state index in [1.807, 2.05) is 29.0 Å². The van der Waals surface area contributed by atoms with Gasteiger partial charge in [-0.1, -0.05) is 29.8 Å². The second-order valence-electron chi connectivity index (χ2n) is 6.56. The van der Waals surface area contributed by atoms with Gasteiger partial charge in [0, 0.05) is 37.1 Å². The summed E-state index contributed by atoms with van der Waals surface area (Å²) < 4.78 is 3.47. The Morgan fingerprint density at radius 2 is 1.90 bits per heavy atom. The van der Waals surface area contributed by atoms with Crippen molar-refractivity contribution in [1.82, 2.24) is 19.1 Å². The van der Waals surface area contributed by atoms with Crippen LogP contribution in [0.3, 0.4) is 0 Å². The Morgan fingerprint density at radius 1 is 1.07 bits per heavy atom. The molecule has 0 spiro atoms. The van der Waals surface area contributed by atoms with Crippen molar-refractivity contribution in [1.29, 1.82) is 5.26 Å². The number of imidazole rings is 1. The molecule has 0 saturated heterocycles. The lowest BCUT2D eigenvalue weighted by Crippen LogP contribution is -2.19. The minimum absolute atomic E-state index is 0.175. The highest BCUT2D eigenvalue weighted by atomic mass is 35.5. The molecule has 4 aromatic rings. The zero-order valence-corrected chi connectivity index (χ0v) is 16.1. The molecule has 0 atom stereocenters. The van der Waals surface area contributed by atoms with Crippen LogP contribution in [0, 0.1) is 11.3 Å². The van der Waals surface area contributed by atoms with Crippen molar-refractivity contribution in [3.05, 3.63) is 111 Å². The van der Waals surface area contributed by atoms with Crippen LogP contribution in [0.1, 0.15) is 22.4 Å². The van der Waals surface area contributed by atoms with Gasteiger partial charge in [-0.25, -0.2) is 9.97 Å². The van der Waals surface area contributed by atoms with Gasteiger partial charge in [-0.3, -0.25) is 9.36 Å². The van der Waals surface area contributed by atoms with Gasteiger partial charge in [0.25, 0.3) is 5.56 Å².